The Morgan fingerprint density at radius 1 is 1.44 bits per heavy atom. The molecular formula is C12H16N2O4. The van der Waals surface area contributed by atoms with E-state index >= 15 is 0 Å². The summed E-state index contributed by atoms with van der Waals surface area (Å²) in [5.74, 6) is -0.949. The van der Waals surface area contributed by atoms with E-state index in [-0.39, 0.29) is 6.42 Å². The van der Waals surface area contributed by atoms with Crippen LogP contribution < -0.4 is 5.73 Å². The third kappa shape index (κ3) is 3.81. The van der Waals surface area contributed by atoms with Gasteiger partial charge in [0.1, 0.15) is 6.04 Å². The Balaban J connectivity index is 2.76. The van der Waals surface area contributed by atoms with Gasteiger partial charge < -0.3 is 15.2 Å². The largest absolute Gasteiger partial charge is 0.468 e. The van der Waals surface area contributed by atoms with Gasteiger partial charge in [0.25, 0.3) is 0 Å². The number of hydrogen-bond acceptors (Lipinski definition) is 6. The summed E-state index contributed by atoms with van der Waals surface area (Å²) in [4.78, 5) is 26.6. The van der Waals surface area contributed by atoms with Gasteiger partial charge in [0.15, 0.2) is 0 Å². The molecule has 0 saturated heterocycles. The average Bonchev–Trinajstić information content (AvgIpc) is 2.38. The van der Waals surface area contributed by atoms with Crippen LogP contribution in [0.2, 0.25) is 0 Å². The van der Waals surface area contributed by atoms with Crippen LogP contribution in [0.4, 0.5) is 0 Å². The monoisotopic (exact) mass is 252 g/mol. The van der Waals surface area contributed by atoms with Crippen molar-refractivity contribution in [2.45, 2.75) is 19.4 Å². The molecule has 0 aliphatic rings. The van der Waals surface area contributed by atoms with Crippen LogP contribution in [0.15, 0.2) is 18.5 Å². The molecule has 0 aromatic carbocycles. The van der Waals surface area contributed by atoms with Crippen molar-refractivity contribution < 1.29 is 19.1 Å². The molecule has 6 nitrogen and oxygen atoms in total. The second-order valence-corrected chi connectivity index (χ2v) is 3.64. The number of pyridine rings is 1. The van der Waals surface area contributed by atoms with E-state index in [1.54, 1.807) is 19.2 Å². The van der Waals surface area contributed by atoms with E-state index in [0.29, 0.717) is 17.7 Å². The zero-order valence-corrected chi connectivity index (χ0v) is 10.4. The first-order chi connectivity index (χ1) is 8.58. The van der Waals surface area contributed by atoms with E-state index in [1.807, 2.05) is 0 Å². The molecule has 18 heavy (non-hydrogen) atoms. The number of hydrogen-bond donors (Lipinski definition) is 1. The number of ether oxygens (including phenoxy) is 2. The predicted molar refractivity (Wildman–Crippen MR) is 63.9 cm³/mol. The van der Waals surface area contributed by atoms with Crippen molar-refractivity contribution in [3.63, 3.8) is 0 Å². The molecule has 1 aromatic heterocycles. The third-order valence-corrected chi connectivity index (χ3v) is 2.27. The lowest BCUT2D eigenvalue weighted by molar-refractivity contribution is -0.142. The van der Waals surface area contributed by atoms with E-state index in [0.717, 1.165) is 0 Å². The topological polar surface area (TPSA) is 91.5 Å². The number of rotatable bonds is 5. The number of nitrogens with zero attached hydrogens (tertiary/aromatic N) is 1. The Bertz CT molecular complexity index is 434. The smallest absolute Gasteiger partial charge is 0.339 e. The number of nitrogens with two attached hydrogens (primary N) is 1. The molecule has 0 aliphatic heterocycles. The zero-order chi connectivity index (χ0) is 13.5. The van der Waals surface area contributed by atoms with Gasteiger partial charge >= 0.3 is 11.9 Å². The minimum atomic E-state index is -0.769. The van der Waals surface area contributed by atoms with Gasteiger partial charge in [-0.25, -0.2) is 4.79 Å². The Morgan fingerprint density at radius 2 is 2.17 bits per heavy atom. The van der Waals surface area contributed by atoms with Crippen molar-refractivity contribution in [1.82, 2.24) is 4.98 Å². The number of carbonyl (C=O) groups is 2. The molecule has 6 heteroatoms. The molecule has 0 unspecified atom stereocenters. The summed E-state index contributed by atoms with van der Waals surface area (Å²) in [6.45, 7) is 2.02. The van der Waals surface area contributed by atoms with E-state index in [2.05, 4.69) is 9.72 Å². The Labute approximate surface area is 105 Å². The van der Waals surface area contributed by atoms with E-state index in [1.165, 1.54) is 13.3 Å². The van der Waals surface area contributed by atoms with Crippen LogP contribution in [0.3, 0.4) is 0 Å². The van der Waals surface area contributed by atoms with Crippen LogP contribution >= 0.6 is 0 Å². The zero-order valence-electron chi connectivity index (χ0n) is 10.4. The van der Waals surface area contributed by atoms with Crippen LogP contribution in [0, 0.1) is 0 Å². The third-order valence-electron chi connectivity index (χ3n) is 2.27. The number of carbonyl (C=O) groups excluding carboxylic acids is 2. The minimum absolute atomic E-state index is 0.257. The van der Waals surface area contributed by atoms with Gasteiger partial charge in [-0.15, -0.1) is 0 Å². The van der Waals surface area contributed by atoms with Crippen LogP contribution in [-0.4, -0.2) is 36.7 Å². The Hall–Kier alpha value is -1.95. The first-order valence-corrected chi connectivity index (χ1v) is 5.53. The maximum Gasteiger partial charge on any atom is 0.339 e. The number of methoxy groups -OCH3 is 1. The highest BCUT2D eigenvalue weighted by Crippen LogP contribution is 2.07. The highest BCUT2D eigenvalue weighted by atomic mass is 16.5. The van der Waals surface area contributed by atoms with Crippen molar-refractivity contribution in [3.8, 4) is 0 Å². The first-order valence-electron chi connectivity index (χ1n) is 5.53. The highest BCUT2D eigenvalue weighted by Gasteiger charge is 2.15. The summed E-state index contributed by atoms with van der Waals surface area (Å²) in [7, 11) is 1.27. The quantitative estimate of drug-likeness (QED) is 0.758. The maximum atomic E-state index is 11.5. The lowest BCUT2D eigenvalue weighted by Crippen LogP contribution is -2.33. The molecule has 98 valence electrons. The van der Waals surface area contributed by atoms with Crippen molar-refractivity contribution in [2.75, 3.05) is 13.7 Å². The summed E-state index contributed by atoms with van der Waals surface area (Å²) in [5, 5.41) is 0. The minimum Gasteiger partial charge on any atom is -0.468 e. The van der Waals surface area contributed by atoms with Crippen molar-refractivity contribution in [2.24, 2.45) is 5.73 Å². The summed E-state index contributed by atoms with van der Waals surface area (Å²) in [6, 6.07) is 0.836. The lowest BCUT2D eigenvalue weighted by atomic mass is 10.1. The van der Waals surface area contributed by atoms with Crippen LogP contribution in [0.1, 0.15) is 22.8 Å². The molecule has 1 aromatic rings. The van der Waals surface area contributed by atoms with Gasteiger partial charge in [-0.3, -0.25) is 9.78 Å². The molecule has 0 saturated carbocycles. The molecule has 1 rings (SSSR count). The maximum absolute atomic E-state index is 11.5. The summed E-state index contributed by atoms with van der Waals surface area (Å²) in [5.41, 5.74) is 6.64. The molecule has 1 atom stereocenters. The van der Waals surface area contributed by atoms with Gasteiger partial charge in [0, 0.05) is 12.4 Å². The molecule has 1 heterocycles. The Kier molecular flexibility index (Phi) is 5.26. The molecule has 0 amide bonds. The molecule has 2 N–H and O–H groups in total. The molecule has 0 bridgehead atoms. The van der Waals surface area contributed by atoms with Gasteiger partial charge in [-0.2, -0.15) is 0 Å². The van der Waals surface area contributed by atoms with Crippen LogP contribution in [-0.2, 0) is 20.7 Å². The van der Waals surface area contributed by atoms with E-state index in [4.69, 9.17) is 10.5 Å². The van der Waals surface area contributed by atoms with Gasteiger partial charge in [-0.05, 0) is 25.0 Å². The average molecular weight is 252 g/mol. The summed E-state index contributed by atoms with van der Waals surface area (Å²) < 4.78 is 9.38. The Morgan fingerprint density at radius 3 is 2.78 bits per heavy atom. The molecular weight excluding hydrogens is 236 g/mol. The summed E-state index contributed by atoms with van der Waals surface area (Å²) in [6.07, 6.45) is 3.21. The molecule has 0 fully saturated rings. The van der Waals surface area contributed by atoms with Crippen LogP contribution in [0.25, 0.3) is 0 Å². The van der Waals surface area contributed by atoms with Crippen molar-refractivity contribution in [1.29, 1.82) is 0 Å². The predicted octanol–water partition coefficient (Wildman–Crippen LogP) is 0.301. The fourth-order valence-electron chi connectivity index (χ4n) is 1.41. The number of esters is 2. The molecule has 0 aliphatic carbocycles. The SMILES string of the molecule is CCOC(=O)c1cncc(C[C@H](N)C(=O)OC)c1. The van der Waals surface area contributed by atoms with Gasteiger partial charge in [0.2, 0.25) is 0 Å². The lowest BCUT2D eigenvalue weighted by Gasteiger charge is -2.09. The van der Waals surface area contributed by atoms with Crippen LogP contribution in [0.5, 0.6) is 0 Å². The second-order valence-electron chi connectivity index (χ2n) is 3.64. The van der Waals surface area contributed by atoms with Crippen molar-refractivity contribution >= 4 is 11.9 Å². The highest BCUT2D eigenvalue weighted by molar-refractivity contribution is 5.89. The summed E-state index contributed by atoms with van der Waals surface area (Å²) >= 11 is 0. The fraction of sp³-hybridized carbons (Fsp3) is 0.417. The molecule has 0 radical (unpaired) electrons. The standard InChI is InChI=1S/C12H16N2O4/c1-3-18-11(15)9-4-8(6-14-7-9)5-10(13)12(16)17-2/h4,6-7,10H,3,5,13H2,1-2H3/t10-/m0/s1. The van der Waals surface area contributed by atoms with E-state index in [9.17, 15) is 9.59 Å². The molecule has 0 spiro atoms. The first kappa shape index (κ1) is 14.1. The van der Waals surface area contributed by atoms with Crippen molar-refractivity contribution in [3.05, 3.63) is 29.6 Å². The van der Waals surface area contributed by atoms with E-state index < -0.39 is 18.0 Å². The number of aromatic nitrogens is 1. The van der Waals surface area contributed by atoms with Gasteiger partial charge in [0.05, 0.1) is 19.3 Å². The fourth-order valence-corrected chi connectivity index (χ4v) is 1.41. The van der Waals surface area contributed by atoms with Gasteiger partial charge in [-0.1, -0.05) is 0 Å². The normalized spacial score (nSPS) is 11.7. The second kappa shape index (κ2) is 6.70.